The van der Waals surface area contributed by atoms with E-state index in [4.69, 9.17) is 37.3 Å². The number of anilines is 1. The van der Waals surface area contributed by atoms with E-state index in [9.17, 15) is 9.59 Å². The molecule has 2 aromatic heterocycles. The number of carbonyl (C=O) groups excluding carboxylic acids is 1. The van der Waals surface area contributed by atoms with E-state index in [1.54, 1.807) is 66.7 Å². The lowest BCUT2D eigenvalue weighted by molar-refractivity contribution is -0.118. The molecule has 0 aliphatic heterocycles. The number of hydrogen-bond acceptors (Lipinski definition) is 6. The molecule has 6 rings (SSSR count). The predicted molar refractivity (Wildman–Crippen MR) is 166 cm³/mol. The standard InChI is InChI=1S/C32H22Cl2N4O4/c1-19-6-2-4-8-25(19)36-30(39)18-41-27-12-10-23(34)15-21(27)17-35-38-31(37-26-9-5-3-7-24(26)32(38)40)29-16-20-14-22(33)11-13-28(20)42-29/h2-17H,18H2,1H3,(H,36,39). The Morgan fingerprint density at radius 3 is 2.62 bits per heavy atom. The maximum absolute atomic E-state index is 13.6. The zero-order chi connectivity index (χ0) is 29.2. The number of halogens is 2. The van der Waals surface area contributed by atoms with Gasteiger partial charge in [0.25, 0.3) is 11.5 Å². The van der Waals surface area contributed by atoms with Crippen LogP contribution >= 0.6 is 23.2 Å². The molecule has 0 bridgehead atoms. The van der Waals surface area contributed by atoms with Gasteiger partial charge in [-0.1, -0.05) is 53.5 Å². The largest absolute Gasteiger partial charge is 0.483 e. The normalized spacial score (nSPS) is 11.4. The lowest BCUT2D eigenvalue weighted by atomic mass is 10.2. The van der Waals surface area contributed by atoms with Crippen LogP contribution in [0.3, 0.4) is 0 Å². The number of fused-ring (bicyclic) bond motifs is 2. The number of furan rings is 1. The van der Waals surface area contributed by atoms with Crippen LogP contribution in [-0.4, -0.2) is 28.4 Å². The maximum Gasteiger partial charge on any atom is 0.282 e. The third kappa shape index (κ3) is 5.63. The minimum atomic E-state index is -0.396. The Hall–Kier alpha value is -4.92. The van der Waals surface area contributed by atoms with E-state index in [1.165, 1.54) is 6.21 Å². The van der Waals surface area contributed by atoms with E-state index < -0.39 is 5.56 Å². The van der Waals surface area contributed by atoms with Crippen molar-refractivity contribution in [3.05, 3.63) is 123 Å². The van der Waals surface area contributed by atoms with E-state index >= 15 is 0 Å². The first-order valence-electron chi connectivity index (χ1n) is 12.9. The SMILES string of the molecule is Cc1ccccc1NC(=O)COc1ccc(Cl)cc1C=Nn1c(-c2cc3cc(Cl)ccc3o2)nc2ccccc2c1=O. The zero-order valence-electron chi connectivity index (χ0n) is 22.2. The lowest BCUT2D eigenvalue weighted by Gasteiger charge is -2.11. The number of hydrogen-bond donors (Lipinski definition) is 1. The summed E-state index contributed by atoms with van der Waals surface area (Å²) in [5, 5.41) is 9.44. The molecule has 2 heterocycles. The Labute approximate surface area is 249 Å². The smallest absolute Gasteiger partial charge is 0.282 e. The third-order valence-corrected chi connectivity index (χ3v) is 6.98. The fourth-order valence-corrected chi connectivity index (χ4v) is 4.79. The van der Waals surface area contributed by atoms with Gasteiger partial charge in [-0.05, 0) is 73.2 Å². The van der Waals surface area contributed by atoms with Crippen molar-refractivity contribution in [1.82, 2.24) is 9.66 Å². The average molecular weight is 597 g/mol. The van der Waals surface area contributed by atoms with Gasteiger partial charge in [-0.15, -0.1) is 0 Å². The number of nitrogens with zero attached hydrogens (tertiary/aromatic N) is 3. The van der Waals surface area contributed by atoms with E-state index in [-0.39, 0.29) is 18.3 Å². The first-order valence-corrected chi connectivity index (χ1v) is 13.6. The second-order valence-electron chi connectivity index (χ2n) is 9.44. The molecule has 0 saturated heterocycles. The van der Waals surface area contributed by atoms with Crippen LogP contribution in [-0.2, 0) is 4.79 Å². The maximum atomic E-state index is 13.6. The van der Waals surface area contributed by atoms with Gasteiger partial charge in [0.2, 0.25) is 5.82 Å². The van der Waals surface area contributed by atoms with Gasteiger partial charge in [0, 0.05) is 26.7 Å². The molecule has 0 aliphatic rings. The summed E-state index contributed by atoms with van der Waals surface area (Å²) in [5.74, 6) is 0.557. The molecule has 0 fully saturated rings. The molecular weight excluding hydrogens is 575 g/mol. The summed E-state index contributed by atoms with van der Waals surface area (Å²) in [6.45, 7) is 1.66. The van der Waals surface area contributed by atoms with Crippen LogP contribution in [0, 0.1) is 6.92 Å². The van der Waals surface area contributed by atoms with Crippen LogP contribution in [0.5, 0.6) is 5.75 Å². The highest BCUT2D eigenvalue weighted by atomic mass is 35.5. The molecule has 0 spiro atoms. The molecule has 1 N–H and O–H groups in total. The van der Waals surface area contributed by atoms with E-state index in [2.05, 4.69) is 10.4 Å². The summed E-state index contributed by atoms with van der Waals surface area (Å²) in [4.78, 5) is 30.9. The number of nitrogens with one attached hydrogen (secondary N) is 1. The van der Waals surface area contributed by atoms with E-state index in [1.807, 2.05) is 31.2 Å². The average Bonchev–Trinajstić information content (AvgIpc) is 3.40. The number of aryl methyl sites for hydroxylation is 1. The Kier molecular flexibility index (Phi) is 7.48. The van der Waals surface area contributed by atoms with Gasteiger partial charge in [0.05, 0.1) is 17.1 Å². The Balaban J connectivity index is 1.36. The summed E-state index contributed by atoms with van der Waals surface area (Å²) < 4.78 is 13.0. The molecule has 0 saturated carbocycles. The van der Waals surface area contributed by atoms with Crippen molar-refractivity contribution in [3.8, 4) is 17.3 Å². The van der Waals surface area contributed by atoms with Gasteiger partial charge in [-0.2, -0.15) is 9.78 Å². The van der Waals surface area contributed by atoms with E-state index in [0.717, 1.165) is 15.6 Å². The Bertz CT molecular complexity index is 2070. The first kappa shape index (κ1) is 27.3. The second-order valence-corrected chi connectivity index (χ2v) is 10.3. The highest BCUT2D eigenvalue weighted by Gasteiger charge is 2.17. The predicted octanol–water partition coefficient (Wildman–Crippen LogP) is 7.32. The molecule has 1 amide bonds. The monoisotopic (exact) mass is 596 g/mol. The van der Waals surface area contributed by atoms with Crippen molar-refractivity contribution in [1.29, 1.82) is 0 Å². The minimum absolute atomic E-state index is 0.198. The van der Waals surface area contributed by atoms with Gasteiger partial charge >= 0.3 is 0 Å². The highest BCUT2D eigenvalue weighted by molar-refractivity contribution is 6.31. The Morgan fingerprint density at radius 1 is 1.00 bits per heavy atom. The van der Waals surface area contributed by atoms with Gasteiger partial charge in [-0.3, -0.25) is 9.59 Å². The van der Waals surface area contributed by atoms with Gasteiger partial charge < -0.3 is 14.5 Å². The molecule has 10 heteroatoms. The molecule has 42 heavy (non-hydrogen) atoms. The number of benzene rings is 4. The molecule has 8 nitrogen and oxygen atoms in total. The number of rotatable bonds is 7. The van der Waals surface area contributed by atoms with Crippen LogP contribution in [0.25, 0.3) is 33.5 Å². The van der Waals surface area contributed by atoms with Gasteiger partial charge in [0.1, 0.15) is 11.3 Å². The van der Waals surface area contributed by atoms with Crippen LogP contribution in [0.4, 0.5) is 5.69 Å². The molecule has 0 aliphatic carbocycles. The van der Waals surface area contributed by atoms with Crippen molar-refractivity contribution in [2.75, 3.05) is 11.9 Å². The van der Waals surface area contributed by atoms with Crippen LogP contribution in [0.2, 0.25) is 10.0 Å². The molecule has 208 valence electrons. The second kappa shape index (κ2) is 11.5. The number of ether oxygens (including phenoxy) is 1. The summed E-state index contributed by atoms with van der Waals surface area (Å²) in [7, 11) is 0. The molecule has 0 radical (unpaired) electrons. The fraction of sp³-hybridized carbons (Fsp3) is 0.0625. The van der Waals surface area contributed by atoms with Crippen molar-refractivity contribution in [3.63, 3.8) is 0 Å². The van der Waals surface area contributed by atoms with Gasteiger partial charge in [0.15, 0.2) is 12.4 Å². The lowest BCUT2D eigenvalue weighted by Crippen LogP contribution is -2.21. The fourth-order valence-electron chi connectivity index (χ4n) is 4.43. The summed E-state index contributed by atoms with van der Waals surface area (Å²) >= 11 is 12.4. The zero-order valence-corrected chi connectivity index (χ0v) is 23.7. The number of aromatic nitrogens is 2. The molecule has 0 atom stereocenters. The molecule has 0 unspecified atom stereocenters. The topological polar surface area (TPSA) is 98.7 Å². The summed E-state index contributed by atoms with van der Waals surface area (Å²) in [5.41, 5.74) is 2.77. The van der Waals surface area contributed by atoms with Crippen LogP contribution in [0.1, 0.15) is 11.1 Å². The summed E-state index contributed by atoms with van der Waals surface area (Å²) in [6, 6.07) is 26.3. The first-order chi connectivity index (χ1) is 20.4. The highest BCUT2D eigenvalue weighted by Crippen LogP contribution is 2.29. The van der Waals surface area contributed by atoms with E-state index in [0.29, 0.717) is 49.3 Å². The number of carbonyl (C=O) groups is 1. The Morgan fingerprint density at radius 2 is 1.76 bits per heavy atom. The van der Waals surface area contributed by atoms with Crippen molar-refractivity contribution in [2.45, 2.75) is 6.92 Å². The number of para-hydroxylation sites is 2. The summed E-state index contributed by atoms with van der Waals surface area (Å²) in [6.07, 6.45) is 1.43. The molecular formula is C32H22Cl2N4O4. The molecule has 6 aromatic rings. The van der Waals surface area contributed by atoms with Crippen molar-refractivity contribution < 1.29 is 13.9 Å². The quantitative estimate of drug-likeness (QED) is 0.195. The van der Waals surface area contributed by atoms with Crippen LogP contribution in [0.15, 0.2) is 105 Å². The number of amides is 1. The van der Waals surface area contributed by atoms with Crippen molar-refractivity contribution >= 4 is 62.9 Å². The minimum Gasteiger partial charge on any atom is -0.483 e. The molecule has 4 aromatic carbocycles. The van der Waals surface area contributed by atoms with Gasteiger partial charge in [-0.25, -0.2) is 4.98 Å². The van der Waals surface area contributed by atoms with Crippen molar-refractivity contribution in [2.24, 2.45) is 5.10 Å². The van der Waals surface area contributed by atoms with Crippen LogP contribution < -0.4 is 15.6 Å². The third-order valence-electron chi connectivity index (χ3n) is 6.51.